The molecular formula is C19H22IN3O2S. The van der Waals surface area contributed by atoms with Crippen LogP contribution in [0.25, 0.3) is 0 Å². The van der Waals surface area contributed by atoms with Crippen LogP contribution in [-0.4, -0.2) is 24.6 Å². The maximum absolute atomic E-state index is 5.90. The molecule has 0 aliphatic heterocycles. The van der Waals surface area contributed by atoms with Crippen molar-refractivity contribution in [2.75, 3.05) is 7.11 Å². The number of methoxy groups -OCH3 is 1. The minimum Gasteiger partial charge on any atom is -0.493 e. The van der Waals surface area contributed by atoms with Gasteiger partial charge in [-0.25, -0.2) is 0 Å². The molecule has 0 radical (unpaired) electrons. The molecule has 0 saturated heterocycles. The van der Waals surface area contributed by atoms with Crippen molar-refractivity contribution in [2.45, 2.75) is 25.7 Å². The number of hydrogen-bond donors (Lipinski definition) is 1. The molecule has 138 valence electrons. The number of amidine groups is 1. The van der Waals surface area contributed by atoms with Crippen molar-refractivity contribution in [3.63, 3.8) is 0 Å². The van der Waals surface area contributed by atoms with Gasteiger partial charge >= 0.3 is 0 Å². The number of rotatable bonds is 7. The van der Waals surface area contributed by atoms with E-state index < -0.39 is 0 Å². The molecule has 0 aliphatic carbocycles. The van der Waals surface area contributed by atoms with Gasteiger partial charge in [0.1, 0.15) is 0 Å². The van der Waals surface area contributed by atoms with Crippen molar-refractivity contribution in [2.24, 2.45) is 15.9 Å². The normalized spacial score (nSPS) is 12.0. The molecule has 0 aliphatic rings. The molecule has 26 heavy (non-hydrogen) atoms. The zero-order valence-corrected chi connectivity index (χ0v) is 18.0. The van der Waals surface area contributed by atoms with Crippen molar-refractivity contribution in [1.82, 2.24) is 0 Å². The van der Waals surface area contributed by atoms with E-state index in [-0.39, 0.29) is 6.10 Å². The van der Waals surface area contributed by atoms with E-state index in [1.807, 2.05) is 44.2 Å². The van der Waals surface area contributed by atoms with E-state index in [1.54, 1.807) is 13.3 Å². The predicted octanol–water partition coefficient (Wildman–Crippen LogP) is 4.67. The van der Waals surface area contributed by atoms with E-state index in [1.165, 1.54) is 17.3 Å². The van der Waals surface area contributed by atoms with Crippen LogP contribution in [0.4, 0.5) is 0 Å². The summed E-state index contributed by atoms with van der Waals surface area (Å²) in [6.07, 6.45) is 1.72. The Balaban J connectivity index is 2.03. The second-order valence-electron chi connectivity index (χ2n) is 5.66. The van der Waals surface area contributed by atoms with Gasteiger partial charge in [0.15, 0.2) is 16.7 Å². The number of benzene rings is 2. The lowest BCUT2D eigenvalue weighted by atomic mass is 10.2. The Bertz CT molecular complexity index is 780. The van der Waals surface area contributed by atoms with Gasteiger partial charge in [-0.3, -0.25) is 0 Å². The maximum Gasteiger partial charge on any atom is 0.180 e. The first-order valence-corrected chi connectivity index (χ1v) is 10.1. The lowest BCUT2D eigenvalue weighted by Crippen LogP contribution is -2.08. The van der Waals surface area contributed by atoms with Crippen LogP contribution >= 0.6 is 34.4 Å². The van der Waals surface area contributed by atoms with Gasteiger partial charge in [-0.05, 0) is 59.7 Å². The first-order chi connectivity index (χ1) is 12.5. The van der Waals surface area contributed by atoms with Gasteiger partial charge in [-0.1, -0.05) is 42.1 Å². The Labute approximate surface area is 172 Å². The van der Waals surface area contributed by atoms with Crippen LogP contribution in [0.15, 0.2) is 52.7 Å². The van der Waals surface area contributed by atoms with Crippen LogP contribution in [0.5, 0.6) is 11.5 Å². The van der Waals surface area contributed by atoms with Crippen LogP contribution < -0.4 is 15.2 Å². The molecule has 0 bridgehead atoms. The fraction of sp³-hybridized carbons (Fsp3) is 0.263. The van der Waals surface area contributed by atoms with Crippen LogP contribution in [0.3, 0.4) is 0 Å². The second kappa shape index (κ2) is 10.4. The third-order valence-electron chi connectivity index (χ3n) is 3.20. The molecule has 0 amide bonds. The monoisotopic (exact) mass is 483 g/mol. The minimum atomic E-state index is 0.0722. The van der Waals surface area contributed by atoms with Crippen LogP contribution in [0.1, 0.15) is 25.0 Å². The summed E-state index contributed by atoms with van der Waals surface area (Å²) in [7, 11) is 1.62. The van der Waals surface area contributed by atoms with Gasteiger partial charge in [0, 0.05) is 5.75 Å². The summed E-state index contributed by atoms with van der Waals surface area (Å²) >= 11 is 3.67. The number of ether oxygens (including phenoxy) is 2. The van der Waals surface area contributed by atoms with Gasteiger partial charge in [0.05, 0.1) is 23.0 Å². The number of halogens is 1. The van der Waals surface area contributed by atoms with Gasteiger partial charge < -0.3 is 15.2 Å². The van der Waals surface area contributed by atoms with E-state index >= 15 is 0 Å². The molecule has 0 atom stereocenters. The van der Waals surface area contributed by atoms with Crippen molar-refractivity contribution in [3.05, 3.63) is 57.2 Å². The number of nitrogens with zero attached hydrogens (tertiary/aromatic N) is 2. The van der Waals surface area contributed by atoms with E-state index in [0.29, 0.717) is 10.9 Å². The van der Waals surface area contributed by atoms with Crippen molar-refractivity contribution < 1.29 is 9.47 Å². The number of thioether (sulfide) groups is 1. The molecule has 2 rings (SSSR count). The summed E-state index contributed by atoms with van der Waals surface area (Å²) < 4.78 is 12.2. The first kappa shape index (κ1) is 20.6. The quantitative estimate of drug-likeness (QED) is 0.269. The highest BCUT2D eigenvalue weighted by molar-refractivity contribution is 14.1. The van der Waals surface area contributed by atoms with Crippen LogP contribution in [0, 0.1) is 3.57 Å². The molecule has 7 heteroatoms. The lowest BCUT2D eigenvalue weighted by molar-refractivity contribution is 0.228. The molecule has 2 aromatic rings. The standard InChI is InChI=1S/C19H22IN3O2S/c1-13(2)25-18-16(20)9-15(10-17(18)24-3)11-22-23-19(21)26-12-14-7-5-4-6-8-14/h4-11,13H,12H2,1-3H3,(H2,21,23). The van der Waals surface area contributed by atoms with E-state index in [2.05, 4.69) is 44.9 Å². The molecule has 2 N–H and O–H groups in total. The van der Waals surface area contributed by atoms with Crippen molar-refractivity contribution in [1.29, 1.82) is 0 Å². The number of nitrogens with two attached hydrogens (primary N) is 1. The molecule has 2 aromatic carbocycles. The van der Waals surface area contributed by atoms with Gasteiger partial charge in [-0.15, -0.1) is 5.10 Å². The third-order valence-corrected chi connectivity index (χ3v) is 4.85. The van der Waals surface area contributed by atoms with Crippen molar-refractivity contribution in [3.8, 4) is 11.5 Å². The predicted molar refractivity (Wildman–Crippen MR) is 118 cm³/mol. The maximum atomic E-state index is 5.90. The Morgan fingerprint density at radius 1 is 1.27 bits per heavy atom. The minimum absolute atomic E-state index is 0.0722. The Morgan fingerprint density at radius 2 is 2.00 bits per heavy atom. The fourth-order valence-corrected chi connectivity index (χ4v) is 3.44. The van der Waals surface area contributed by atoms with Crippen LogP contribution in [0.2, 0.25) is 0 Å². The van der Waals surface area contributed by atoms with E-state index in [9.17, 15) is 0 Å². The average Bonchev–Trinajstić information content (AvgIpc) is 2.62. The molecular weight excluding hydrogens is 461 g/mol. The lowest BCUT2D eigenvalue weighted by Gasteiger charge is -2.15. The summed E-state index contributed by atoms with van der Waals surface area (Å²) in [5.74, 6) is 2.17. The summed E-state index contributed by atoms with van der Waals surface area (Å²) in [5, 5.41) is 8.54. The second-order valence-corrected chi connectivity index (χ2v) is 7.82. The highest BCUT2D eigenvalue weighted by Crippen LogP contribution is 2.34. The fourth-order valence-electron chi connectivity index (χ4n) is 2.08. The smallest absolute Gasteiger partial charge is 0.180 e. The summed E-state index contributed by atoms with van der Waals surface area (Å²) in [5.41, 5.74) is 7.97. The molecule has 0 aromatic heterocycles. The van der Waals surface area contributed by atoms with Gasteiger partial charge in [-0.2, -0.15) is 5.10 Å². The van der Waals surface area contributed by atoms with Crippen molar-refractivity contribution >= 4 is 45.7 Å². The molecule has 0 unspecified atom stereocenters. The van der Waals surface area contributed by atoms with Gasteiger partial charge in [0.2, 0.25) is 0 Å². The molecule has 0 spiro atoms. The number of hydrogen-bond acceptors (Lipinski definition) is 5. The zero-order valence-electron chi connectivity index (χ0n) is 15.0. The zero-order chi connectivity index (χ0) is 18.9. The summed E-state index contributed by atoms with van der Waals surface area (Å²) in [6.45, 7) is 3.96. The summed E-state index contributed by atoms with van der Waals surface area (Å²) in [6, 6.07) is 13.9. The van der Waals surface area contributed by atoms with E-state index in [4.69, 9.17) is 15.2 Å². The van der Waals surface area contributed by atoms with Crippen LogP contribution in [-0.2, 0) is 5.75 Å². The molecule has 5 nitrogen and oxygen atoms in total. The Kier molecular flexibility index (Phi) is 8.24. The largest absolute Gasteiger partial charge is 0.493 e. The molecule has 0 heterocycles. The third kappa shape index (κ3) is 6.53. The highest BCUT2D eigenvalue weighted by Gasteiger charge is 2.12. The SMILES string of the molecule is COc1cc(C=NN=C(N)SCc2ccccc2)cc(I)c1OC(C)C. The Morgan fingerprint density at radius 3 is 2.65 bits per heavy atom. The topological polar surface area (TPSA) is 69.2 Å². The van der Waals surface area contributed by atoms with E-state index in [0.717, 1.165) is 20.6 Å². The average molecular weight is 483 g/mol. The Hall–Kier alpha value is -1.74. The first-order valence-electron chi connectivity index (χ1n) is 8.07. The summed E-state index contributed by atoms with van der Waals surface area (Å²) in [4.78, 5) is 0. The highest BCUT2D eigenvalue weighted by atomic mass is 127. The molecule has 0 fully saturated rings. The van der Waals surface area contributed by atoms with Gasteiger partial charge in [0.25, 0.3) is 0 Å². The molecule has 0 saturated carbocycles.